The molecular formula is C12H17Cl2N3O. The van der Waals surface area contributed by atoms with Crippen LogP contribution in [-0.2, 0) is 11.3 Å². The SMILES string of the molecule is CCCCN(CC(N)=O)Cc1cnc(Cl)cc1Cl. The Morgan fingerprint density at radius 1 is 1.50 bits per heavy atom. The predicted molar refractivity (Wildman–Crippen MR) is 73.6 cm³/mol. The minimum atomic E-state index is -0.343. The largest absolute Gasteiger partial charge is 0.369 e. The summed E-state index contributed by atoms with van der Waals surface area (Å²) in [7, 11) is 0. The number of carbonyl (C=O) groups is 1. The molecule has 1 heterocycles. The van der Waals surface area contributed by atoms with Crippen molar-refractivity contribution in [1.82, 2.24) is 9.88 Å². The fourth-order valence-electron chi connectivity index (χ4n) is 1.61. The zero-order valence-corrected chi connectivity index (χ0v) is 11.8. The van der Waals surface area contributed by atoms with E-state index in [-0.39, 0.29) is 12.5 Å². The Kier molecular flexibility index (Phi) is 6.39. The van der Waals surface area contributed by atoms with Gasteiger partial charge in [0.2, 0.25) is 5.91 Å². The van der Waals surface area contributed by atoms with E-state index in [1.165, 1.54) is 0 Å². The van der Waals surface area contributed by atoms with Gasteiger partial charge in [0, 0.05) is 23.3 Å². The van der Waals surface area contributed by atoms with Crippen molar-refractivity contribution in [3.63, 3.8) is 0 Å². The number of nitrogens with zero attached hydrogens (tertiary/aromatic N) is 2. The molecule has 0 fully saturated rings. The van der Waals surface area contributed by atoms with Gasteiger partial charge in [0.15, 0.2) is 0 Å². The maximum atomic E-state index is 11.0. The summed E-state index contributed by atoms with van der Waals surface area (Å²) in [5.41, 5.74) is 6.08. The van der Waals surface area contributed by atoms with Gasteiger partial charge in [-0.05, 0) is 19.0 Å². The molecule has 100 valence electrons. The molecule has 0 atom stereocenters. The fraction of sp³-hybridized carbons (Fsp3) is 0.500. The van der Waals surface area contributed by atoms with Gasteiger partial charge < -0.3 is 5.73 Å². The monoisotopic (exact) mass is 289 g/mol. The van der Waals surface area contributed by atoms with Crippen LogP contribution in [0.3, 0.4) is 0 Å². The fourth-order valence-corrected chi connectivity index (χ4v) is 2.03. The van der Waals surface area contributed by atoms with Crippen LogP contribution in [0.2, 0.25) is 10.2 Å². The molecule has 0 aliphatic rings. The van der Waals surface area contributed by atoms with Crippen LogP contribution in [-0.4, -0.2) is 28.9 Å². The first-order valence-electron chi connectivity index (χ1n) is 5.83. The molecule has 0 aliphatic heterocycles. The van der Waals surface area contributed by atoms with Crippen LogP contribution in [0.4, 0.5) is 0 Å². The summed E-state index contributed by atoms with van der Waals surface area (Å²) >= 11 is 11.8. The Morgan fingerprint density at radius 2 is 2.22 bits per heavy atom. The highest BCUT2D eigenvalue weighted by molar-refractivity contribution is 6.34. The zero-order valence-electron chi connectivity index (χ0n) is 10.3. The number of unbranched alkanes of at least 4 members (excludes halogenated alkanes) is 1. The van der Waals surface area contributed by atoms with Crippen molar-refractivity contribution in [2.75, 3.05) is 13.1 Å². The van der Waals surface area contributed by atoms with E-state index >= 15 is 0 Å². The number of hydrogen-bond donors (Lipinski definition) is 1. The van der Waals surface area contributed by atoms with Crippen molar-refractivity contribution >= 4 is 29.1 Å². The molecule has 0 saturated carbocycles. The first-order valence-corrected chi connectivity index (χ1v) is 6.59. The Bertz CT molecular complexity index is 412. The normalized spacial score (nSPS) is 10.9. The van der Waals surface area contributed by atoms with Gasteiger partial charge in [-0.3, -0.25) is 9.69 Å². The number of hydrogen-bond acceptors (Lipinski definition) is 3. The Hall–Kier alpha value is -0.840. The summed E-state index contributed by atoms with van der Waals surface area (Å²) < 4.78 is 0. The number of halogens is 2. The summed E-state index contributed by atoms with van der Waals surface area (Å²) in [5.74, 6) is -0.343. The molecule has 0 saturated heterocycles. The molecule has 1 aromatic rings. The van der Waals surface area contributed by atoms with E-state index < -0.39 is 0 Å². The molecule has 1 amide bonds. The van der Waals surface area contributed by atoms with Crippen molar-refractivity contribution in [2.45, 2.75) is 26.3 Å². The van der Waals surface area contributed by atoms with Gasteiger partial charge in [-0.15, -0.1) is 0 Å². The molecule has 1 aromatic heterocycles. The van der Waals surface area contributed by atoms with E-state index in [1.54, 1.807) is 12.3 Å². The lowest BCUT2D eigenvalue weighted by Crippen LogP contribution is -2.34. The van der Waals surface area contributed by atoms with Crippen LogP contribution in [0.1, 0.15) is 25.3 Å². The number of amides is 1. The third-order valence-electron chi connectivity index (χ3n) is 2.50. The lowest BCUT2D eigenvalue weighted by Gasteiger charge is -2.20. The van der Waals surface area contributed by atoms with Crippen molar-refractivity contribution in [3.05, 3.63) is 28.0 Å². The van der Waals surface area contributed by atoms with Gasteiger partial charge in [-0.1, -0.05) is 36.5 Å². The first kappa shape index (κ1) is 15.2. The molecule has 2 N–H and O–H groups in total. The minimum Gasteiger partial charge on any atom is -0.369 e. The second-order valence-electron chi connectivity index (χ2n) is 4.13. The van der Waals surface area contributed by atoms with Crippen LogP contribution in [0.15, 0.2) is 12.3 Å². The molecule has 6 heteroatoms. The van der Waals surface area contributed by atoms with Gasteiger partial charge in [0.1, 0.15) is 5.15 Å². The van der Waals surface area contributed by atoms with E-state index in [2.05, 4.69) is 11.9 Å². The van der Waals surface area contributed by atoms with Crippen LogP contribution in [0, 0.1) is 0 Å². The summed E-state index contributed by atoms with van der Waals surface area (Å²) in [6, 6.07) is 1.60. The maximum Gasteiger partial charge on any atom is 0.231 e. The molecule has 0 bridgehead atoms. The van der Waals surface area contributed by atoms with Crippen molar-refractivity contribution in [2.24, 2.45) is 5.73 Å². The number of pyridine rings is 1. The van der Waals surface area contributed by atoms with Gasteiger partial charge in [-0.2, -0.15) is 0 Å². The average Bonchev–Trinajstić information content (AvgIpc) is 2.29. The van der Waals surface area contributed by atoms with Crippen LogP contribution in [0.5, 0.6) is 0 Å². The quantitative estimate of drug-likeness (QED) is 0.785. The Labute approximate surface area is 117 Å². The minimum absolute atomic E-state index is 0.221. The predicted octanol–water partition coefficient (Wildman–Crippen LogP) is 2.48. The second-order valence-corrected chi connectivity index (χ2v) is 4.92. The average molecular weight is 290 g/mol. The number of rotatable bonds is 7. The highest BCUT2D eigenvalue weighted by atomic mass is 35.5. The van der Waals surface area contributed by atoms with E-state index in [0.717, 1.165) is 24.9 Å². The smallest absolute Gasteiger partial charge is 0.231 e. The third-order valence-corrected chi connectivity index (χ3v) is 3.06. The highest BCUT2D eigenvalue weighted by Crippen LogP contribution is 2.20. The standard InChI is InChI=1S/C12H17Cl2N3O/c1-2-3-4-17(8-12(15)18)7-9-6-16-11(14)5-10(9)13/h5-6H,2-4,7-8H2,1H3,(H2,15,18). The summed E-state index contributed by atoms with van der Waals surface area (Å²) in [6.07, 6.45) is 3.69. The molecule has 0 unspecified atom stereocenters. The van der Waals surface area contributed by atoms with E-state index in [9.17, 15) is 4.79 Å². The van der Waals surface area contributed by atoms with Crippen LogP contribution in [0.25, 0.3) is 0 Å². The second kappa shape index (κ2) is 7.56. The van der Waals surface area contributed by atoms with Gasteiger partial charge in [-0.25, -0.2) is 4.98 Å². The summed E-state index contributed by atoms with van der Waals surface area (Å²) in [6.45, 7) is 3.67. The highest BCUT2D eigenvalue weighted by Gasteiger charge is 2.11. The molecule has 0 aromatic carbocycles. The van der Waals surface area contributed by atoms with Crippen molar-refractivity contribution in [3.8, 4) is 0 Å². The lowest BCUT2D eigenvalue weighted by molar-refractivity contribution is -0.119. The molecule has 0 spiro atoms. The van der Waals surface area contributed by atoms with Crippen molar-refractivity contribution in [1.29, 1.82) is 0 Å². The van der Waals surface area contributed by atoms with Gasteiger partial charge in [0.25, 0.3) is 0 Å². The molecule has 0 aliphatic carbocycles. The van der Waals surface area contributed by atoms with Crippen molar-refractivity contribution < 1.29 is 4.79 Å². The zero-order chi connectivity index (χ0) is 13.5. The molecule has 18 heavy (non-hydrogen) atoms. The van der Waals surface area contributed by atoms with E-state index in [4.69, 9.17) is 28.9 Å². The topological polar surface area (TPSA) is 59.2 Å². The lowest BCUT2D eigenvalue weighted by atomic mass is 10.2. The van der Waals surface area contributed by atoms with Crippen LogP contribution < -0.4 is 5.73 Å². The first-order chi connectivity index (χ1) is 8.52. The Balaban J connectivity index is 2.71. The summed E-state index contributed by atoms with van der Waals surface area (Å²) in [5, 5.41) is 0.916. The molecular weight excluding hydrogens is 273 g/mol. The number of nitrogens with two attached hydrogens (primary N) is 1. The summed E-state index contributed by atoms with van der Waals surface area (Å²) in [4.78, 5) is 17.0. The van der Waals surface area contributed by atoms with E-state index in [1.807, 2.05) is 4.90 Å². The van der Waals surface area contributed by atoms with Crippen LogP contribution >= 0.6 is 23.2 Å². The number of carbonyl (C=O) groups excluding carboxylic acids is 1. The number of aromatic nitrogens is 1. The van der Waals surface area contributed by atoms with Gasteiger partial charge in [0.05, 0.1) is 6.54 Å². The van der Waals surface area contributed by atoms with Gasteiger partial charge >= 0.3 is 0 Å². The molecule has 0 radical (unpaired) electrons. The molecule has 1 rings (SSSR count). The van der Waals surface area contributed by atoms with E-state index in [0.29, 0.717) is 16.7 Å². The number of primary amides is 1. The Morgan fingerprint density at radius 3 is 2.78 bits per heavy atom. The molecule has 4 nitrogen and oxygen atoms in total. The third kappa shape index (κ3) is 5.21. The maximum absolute atomic E-state index is 11.0.